The molecule has 0 amide bonds. The van der Waals surface area contributed by atoms with E-state index in [1.807, 2.05) is 13.0 Å². The molecule has 0 bridgehead atoms. The Hall–Kier alpha value is -3.27. The summed E-state index contributed by atoms with van der Waals surface area (Å²) in [4.78, 5) is 1.03. The Bertz CT molecular complexity index is 1150. The third-order valence-electron chi connectivity index (χ3n) is 5.24. The van der Waals surface area contributed by atoms with E-state index in [9.17, 15) is 35.8 Å². The van der Waals surface area contributed by atoms with E-state index >= 15 is 0 Å². The topological polar surface area (TPSA) is 32.7 Å². The molecule has 1 unspecified atom stereocenters. The molecule has 1 N–H and O–H groups in total. The summed E-state index contributed by atoms with van der Waals surface area (Å²) in [5.74, 6) is -0.456. The van der Waals surface area contributed by atoms with Gasteiger partial charge < -0.3 is 14.7 Å². The predicted molar refractivity (Wildman–Crippen MR) is 117 cm³/mol. The Labute approximate surface area is 197 Å². The number of aliphatic hydroxyl groups is 1. The first-order valence-electron chi connectivity index (χ1n) is 10.6. The van der Waals surface area contributed by atoms with Crippen LogP contribution >= 0.6 is 0 Å². The molecule has 0 aromatic heterocycles. The van der Waals surface area contributed by atoms with Crippen LogP contribution in [0.2, 0.25) is 0 Å². The van der Waals surface area contributed by atoms with Crippen molar-refractivity contribution in [3.8, 4) is 11.5 Å². The van der Waals surface area contributed by atoms with Gasteiger partial charge in [-0.25, -0.2) is 4.39 Å². The summed E-state index contributed by atoms with van der Waals surface area (Å²) in [5.41, 5.74) is -0.331. The zero-order valence-electron chi connectivity index (χ0n) is 18.5. The van der Waals surface area contributed by atoms with E-state index in [1.54, 1.807) is 24.3 Å². The number of nitrogens with zero attached hydrogens (tertiary/aromatic N) is 1. The SMILES string of the molecule is CCc1cccc(Oc2cccc(N(Cc3ccc(C(F)(F)F)cc3F)CC(O)C(F)(F)F)c2)c1. The fourth-order valence-electron chi connectivity index (χ4n) is 3.34. The highest BCUT2D eigenvalue weighted by Gasteiger charge is 2.39. The van der Waals surface area contributed by atoms with Gasteiger partial charge >= 0.3 is 12.4 Å². The van der Waals surface area contributed by atoms with Gasteiger partial charge in [0.15, 0.2) is 6.10 Å². The van der Waals surface area contributed by atoms with Crippen LogP contribution in [-0.4, -0.2) is 23.9 Å². The van der Waals surface area contributed by atoms with Gasteiger partial charge in [-0.2, -0.15) is 26.3 Å². The van der Waals surface area contributed by atoms with Crippen molar-refractivity contribution in [1.29, 1.82) is 0 Å². The minimum Gasteiger partial charge on any atom is -0.457 e. The number of rotatable bonds is 8. The van der Waals surface area contributed by atoms with Crippen molar-refractivity contribution in [3.05, 3.63) is 89.2 Å². The molecule has 3 nitrogen and oxygen atoms in total. The lowest BCUT2D eigenvalue weighted by Crippen LogP contribution is -2.41. The molecule has 0 aliphatic rings. The van der Waals surface area contributed by atoms with E-state index in [-0.39, 0.29) is 23.1 Å². The summed E-state index contributed by atoms with van der Waals surface area (Å²) < 4.78 is 98.0. The summed E-state index contributed by atoms with van der Waals surface area (Å²) in [6.45, 7) is 0.467. The second-order valence-electron chi connectivity index (χ2n) is 7.84. The molecule has 0 heterocycles. The third-order valence-corrected chi connectivity index (χ3v) is 5.24. The standard InChI is InChI=1S/C25H22F7NO2/c1-2-16-5-3-7-20(11-16)35-21-8-4-6-19(13-21)33(15-23(34)25(30,31)32)14-17-9-10-18(12-22(17)26)24(27,28)29/h3-13,23,34H,2,14-15H2,1H3. The molecule has 3 aromatic carbocycles. The number of alkyl halides is 6. The highest BCUT2D eigenvalue weighted by Crippen LogP contribution is 2.32. The highest BCUT2D eigenvalue weighted by atomic mass is 19.4. The van der Waals surface area contributed by atoms with Crippen LogP contribution in [-0.2, 0) is 19.1 Å². The molecule has 0 fully saturated rings. The maximum Gasteiger partial charge on any atom is 0.416 e. The minimum absolute atomic E-state index is 0.150. The fourth-order valence-corrected chi connectivity index (χ4v) is 3.34. The predicted octanol–water partition coefficient (Wildman–Crippen LogP) is 7.13. The molecule has 35 heavy (non-hydrogen) atoms. The maximum absolute atomic E-state index is 14.4. The molecule has 10 heteroatoms. The summed E-state index contributed by atoms with van der Waals surface area (Å²) >= 11 is 0. The molecule has 0 saturated carbocycles. The van der Waals surface area contributed by atoms with Crippen LogP contribution < -0.4 is 9.64 Å². The molecule has 3 rings (SSSR count). The Balaban J connectivity index is 1.92. The van der Waals surface area contributed by atoms with Gasteiger partial charge in [0, 0.05) is 23.9 Å². The third kappa shape index (κ3) is 7.11. The van der Waals surface area contributed by atoms with Crippen LogP contribution in [0.3, 0.4) is 0 Å². The number of aryl methyl sites for hydroxylation is 1. The summed E-state index contributed by atoms with van der Waals surface area (Å²) in [7, 11) is 0. The smallest absolute Gasteiger partial charge is 0.416 e. The van der Waals surface area contributed by atoms with Gasteiger partial charge in [0.1, 0.15) is 17.3 Å². The van der Waals surface area contributed by atoms with Gasteiger partial charge in [0.25, 0.3) is 0 Å². The van der Waals surface area contributed by atoms with Crippen molar-refractivity contribution in [3.63, 3.8) is 0 Å². The molecule has 188 valence electrons. The minimum atomic E-state index is -4.95. The van der Waals surface area contributed by atoms with Crippen molar-refractivity contribution in [2.75, 3.05) is 11.4 Å². The first kappa shape index (κ1) is 26.3. The summed E-state index contributed by atoms with van der Waals surface area (Å²) in [6.07, 6.45) is -11.7. The molecule has 1 atom stereocenters. The second kappa shape index (κ2) is 10.6. The average Bonchev–Trinajstić information content (AvgIpc) is 2.78. The summed E-state index contributed by atoms with van der Waals surface area (Å²) in [5, 5.41) is 9.64. The fraction of sp³-hybridized carbons (Fsp3) is 0.280. The molecule has 0 aliphatic carbocycles. The van der Waals surface area contributed by atoms with Crippen LogP contribution in [0.4, 0.5) is 36.4 Å². The van der Waals surface area contributed by atoms with Crippen LogP contribution in [0.1, 0.15) is 23.6 Å². The number of hydrogen-bond donors (Lipinski definition) is 1. The first-order valence-corrected chi connectivity index (χ1v) is 10.6. The van der Waals surface area contributed by atoms with E-state index in [4.69, 9.17) is 4.74 Å². The van der Waals surface area contributed by atoms with Gasteiger partial charge in [-0.1, -0.05) is 31.2 Å². The van der Waals surface area contributed by atoms with Gasteiger partial charge in [0.2, 0.25) is 0 Å². The van der Waals surface area contributed by atoms with E-state index in [1.165, 1.54) is 18.2 Å². The molecular weight excluding hydrogens is 479 g/mol. The van der Waals surface area contributed by atoms with Gasteiger partial charge in [0.05, 0.1) is 12.1 Å². The number of ether oxygens (including phenoxy) is 1. The molecular formula is C25H22F7NO2. The largest absolute Gasteiger partial charge is 0.457 e. The number of halogens is 7. The Morgan fingerprint density at radius 2 is 1.54 bits per heavy atom. The Kier molecular flexibility index (Phi) is 7.94. The van der Waals surface area contributed by atoms with Gasteiger partial charge in [-0.05, 0) is 48.4 Å². The lowest BCUT2D eigenvalue weighted by atomic mass is 10.1. The quantitative estimate of drug-likeness (QED) is 0.334. The summed E-state index contributed by atoms with van der Waals surface area (Å²) in [6, 6.07) is 14.9. The number of aliphatic hydroxyl groups excluding tert-OH is 1. The molecule has 3 aromatic rings. The van der Waals surface area contributed by atoms with Gasteiger partial charge in [-0.3, -0.25) is 0 Å². The Morgan fingerprint density at radius 1 is 0.886 bits per heavy atom. The van der Waals surface area contributed by atoms with E-state index in [2.05, 4.69) is 0 Å². The lowest BCUT2D eigenvalue weighted by Gasteiger charge is -2.29. The normalized spacial score (nSPS) is 12.9. The van der Waals surface area contributed by atoms with E-state index in [0.717, 1.165) is 23.0 Å². The highest BCUT2D eigenvalue weighted by molar-refractivity contribution is 5.52. The van der Waals surface area contributed by atoms with E-state index < -0.39 is 42.9 Å². The van der Waals surface area contributed by atoms with Crippen molar-refractivity contribution >= 4 is 5.69 Å². The zero-order chi connectivity index (χ0) is 25.8. The molecule has 0 radical (unpaired) electrons. The average molecular weight is 501 g/mol. The lowest BCUT2D eigenvalue weighted by molar-refractivity contribution is -0.200. The van der Waals surface area contributed by atoms with E-state index in [0.29, 0.717) is 11.8 Å². The Morgan fingerprint density at radius 3 is 2.14 bits per heavy atom. The molecule has 0 aliphatic heterocycles. The monoisotopic (exact) mass is 501 g/mol. The number of benzene rings is 3. The maximum atomic E-state index is 14.4. The number of anilines is 1. The molecule has 0 spiro atoms. The van der Waals surface area contributed by atoms with Crippen molar-refractivity contribution < 1.29 is 40.6 Å². The first-order chi connectivity index (χ1) is 16.4. The van der Waals surface area contributed by atoms with Crippen LogP contribution in [0.5, 0.6) is 11.5 Å². The van der Waals surface area contributed by atoms with Crippen molar-refractivity contribution in [2.45, 2.75) is 38.3 Å². The number of hydrogen-bond acceptors (Lipinski definition) is 3. The molecule has 0 saturated heterocycles. The van der Waals surface area contributed by atoms with Crippen LogP contribution in [0.25, 0.3) is 0 Å². The zero-order valence-corrected chi connectivity index (χ0v) is 18.5. The van der Waals surface area contributed by atoms with Gasteiger partial charge in [-0.15, -0.1) is 0 Å². The van der Waals surface area contributed by atoms with Crippen molar-refractivity contribution in [1.82, 2.24) is 0 Å². The van der Waals surface area contributed by atoms with Crippen molar-refractivity contribution in [2.24, 2.45) is 0 Å². The van der Waals surface area contributed by atoms with Crippen LogP contribution in [0.15, 0.2) is 66.7 Å². The second-order valence-corrected chi connectivity index (χ2v) is 7.84. The van der Waals surface area contributed by atoms with Crippen LogP contribution in [0, 0.1) is 5.82 Å².